The predicted molar refractivity (Wildman–Crippen MR) is 77.1 cm³/mol. The highest BCUT2D eigenvalue weighted by molar-refractivity contribution is 6.03. The van der Waals surface area contributed by atoms with E-state index in [2.05, 4.69) is 15.4 Å². The van der Waals surface area contributed by atoms with Crippen LogP contribution in [0.25, 0.3) is 0 Å². The lowest BCUT2D eigenvalue weighted by Gasteiger charge is -2.11. The second-order valence-corrected chi connectivity index (χ2v) is 5.26. The second-order valence-electron chi connectivity index (χ2n) is 5.26. The molecule has 8 heteroatoms. The maximum atomic E-state index is 12.1. The average Bonchev–Trinajstić information content (AvgIpc) is 3.27. The summed E-state index contributed by atoms with van der Waals surface area (Å²) in [6.07, 6.45) is -2.76. The molecule has 0 unspecified atom stereocenters. The Morgan fingerprint density at radius 2 is 1.91 bits per heavy atom. The van der Waals surface area contributed by atoms with Crippen molar-refractivity contribution in [3.8, 4) is 0 Å². The Hall–Kier alpha value is -2.09. The predicted octanol–water partition coefficient (Wildman–Crippen LogP) is 2.49. The summed E-state index contributed by atoms with van der Waals surface area (Å²) in [5.41, 5.74) is 0.649. The van der Waals surface area contributed by atoms with Crippen molar-refractivity contribution in [1.29, 1.82) is 0 Å². The smallest absolute Gasteiger partial charge is 0.372 e. The number of ether oxygens (including phenoxy) is 1. The van der Waals surface area contributed by atoms with Crippen LogP contribution in [0.5, 0.6) is 0 Å². The number of anilines is 1. The fraction of sp³-hybridized carbons (Fsp3) is 0.467. The maximum absolute atomic E-state index is 12.1. The third kappa shape index (κ3) is 6.27. The van der Waals surface area contributed by atoms with E-state index in [9.17, 15) is 22.8 Å². The van der Waals surface area contributed by atoms with Crippen molar-refractivity contribution in [3.63, 3.8) is 0 Å². The fourth-order valence-corrected chi connectivity index (χ4v) is 1.85. The van der Waals surface area contributed by atoms with Gasteiger partial charge in [-0.25, -0.2) is 0 Å². The van der Waals surface area contributed by atoms with Crippen LogP contribution in [0.2, 0.25) is 0 Å². The van der Waals surface area contributed by atoms with E-state index in [1.165, 1.54) is 0 Å². The van der Waals surface area contributed by atoms with Crippen LogP contribution in [0.15, 0.2) is 24.3 Å². The van der Waals surface area contributed by atoms with Gasteiger partial charge in [0.2, 0.25) is 5.91 Å². The number of amides is 2. The molecule has 0 heterocycles. The molecule has 1 aliphatic carbocycles. The van der Waals surface area contributed by atoms with Crippen LogP contribution in [0.3, 0.4) is 0 Å². The van der Waals surface area contributed by atoms with Crippen LogP contribution in [0, 0.1) is 0 Å². The fourth-order valence-electron chi connectivity index (χ4n) is 1.85. The minimum Gasteiger partial charge on any atom is -0.372 e. The van der Waals surface area contributed by atoms with Gasteiger partial charge in [0.05, 0.1) is 24.3 Å². The van der Waals surface area contributed by atoms with E-state index in [1.54, 1.807) is 24.3 Å². The highest BCUT2D eigenvalue weighted by Gasteiger charge is 2.27. The summed E-state index contributed by atoms with van der Waals surface area (Å²) in [5.74, 6) is -0.796. The van der Waals surface area contributed by atoms with Crippen LogP contribution in [0.1, 0.15) is 29.6 Å². The number of hydrogen-bond donors (Lipinski definition) is 2. The minimum absolute atomic E-state index is 0.182. The lowest BCUT2D eigenvalue weighted by Crippen LogP contribution is -2.27. The molecule has 1 aromatic carbocycles. The quantitative estimate of drug-likeness (QED) is 0.755. The van der Waals surface area contributed by atoms with Crippen molar-refractivity contribution in [2.45, 2.75) is 31.5 Å². The monoisotopic (exact) mass is 330 g/mol. The van der Waals surface area contributed by atoms with Crippen molar-refractivity contribution >= 4 is 17.5 Å². The molecule has 0 aromatic heterocycles. The molecule has 1 fully saturated rings. The van der Waals surface area contributed by atoms with Crippen molar-refractivity contribution in [1.82, 2.24) is 5.32 Å². The van der Waals surface area contributed by atoms with E-state index in [1.807, 2.05) is 0 Å². The molecular formula is C15H17F3N2O3. The van der Waals surface area contributed by atoms with Gasteiger partial charge in [-0.15, -0.1) is 0 Å². The third-order valence-electron chi connectivity index (χ3n) is 3.10. The largest absolute Gasteiger partial charge is 0.411 e. The molecule has 2 rings (SSSR count). The molecule has 126 valence electrons. The van der Waals surface area contributed by atoms with Crippen LogP contribution in [-0.2, 0) is 9.53 Å². The first-order valence-electron chi connectivity index (χ1n) is 7.19. The summed E-state index contributed by atoms with van der Waals surface area (Å²) in [4.78, 5) is 23.8. The first-order chi connectivity index (χ1) is 10.8. The van der Waals surface area contributed by atoms with E-state index < -0.39 is 18.7 Å². The van der Waals surface area contributed by atoms with Crippen LogP contribution >= 0.6 is 0 Å². The van der Waals surface area contributed by atoms with Gasteiger partial charge in [-0.2, -0.15) is 13.2 Å². The first-order valence-corrected chi connectivity index (χ1v) is 7.19. The highest BCUT2D eigenvalue weighted by Crippen LogP contribution is 2.21. The molecule has 0 atom stereocenters. The first kappa shape index (κ1) is 17.3. The van der Waals surface area contributed by atoms with Gasteiger partial charge < -0.3 is 15.4 Å². The summed E-state index contributed by atoms with van der Waals surface area (Å²) in [6, 6.07) is 6.65. The van der Waals surface area contributed by atoms with Crippen molar-refractivity contribution in [3.05, 3.63) is 29.8 Å². The molecule has 0 bridgehead atoms. The van der Waals surface area contributed by atoms with E-state index in [4.69, 9.17) is 0 Å². The van der Waals surface area contributed by atoms with E-state index in [0.29, 0.717) is 11.3 Å². The lowest BCUT2D eigenvalue weighted by atomic mass is 10.1. The van der Waals surface area contributed by atoms with Crippen LogP contribution in [-0.4, -0.2) is 37.2 Å². The van der Waals surface area contributed by atoms with Gasteiger partial charge in [-0.05, 0) is 25.0 Å². The molecule has 0 aliphatic heterocycles. The number of para-hydroxylation sites is 1. The molecule has 0 saturated heterocycles. The molecule has 23 heavy (non-hydrogen) atoms. The average molecular weight is 330 g/mol. The van der Waals surface area contributed by atoms with Crippen LogP contribution in [0.4, 0.5) is 18.9 Å². The van der Waals surface area contributed by atoms with Gasteiger partial charge in [-0.3, -0.25) is 9.59 Å². The number of hydrogen-bond acceptors (Lipinski definition) is 3. The zero-order chi connectivity index (χ0) is 16.9. The summed E-state index contributed by atoms with van der Waals surface area (Å²) in [6.45, 7) is -1.73. The lowest BCUT2D eigenvalue weighted by molar-refractivity contribution is -0.174. The molecular weight excluding hydrogens is 313 g/mol. The van der Waals surface area contributed by atoms with Gasteiger partial charge in [0.15, 0.2) is 0 Å². The molecule has 0 spiro atoms. The second kappa shape index (κ2) is 7.45. The zero-order valence-electron chi connectivity index (χ0n) is 12.3. The molecule has 2 N–H and O–H groups in total. The topological polar surface area (TPSA) is 67.4 Å². The number of carbonyl (C=O) groups excluding carboxylic acids is 2. The summed E-state index contributed by atoms with van der Waals surface area (Å²) < 4.78 is 40.1. The SMILES string of the molecule is O=C(CCOCC(F)(F)F)Nc1ccccc1C(=O)NC1CC1. The normalized spacial score (nSPS) is 14.4. The van der Waals surface area contributed by atoms with Crippen molar-refractivity contribution in [2.24, 2.45) is 0 Å². The Balaban J connectivity index is 1.84. The third-order valence-corrected chi connectivity index (χ3v) is 3.10. The number of alkyl halides is 3. The van der Waals surface area contributed by atoms with Crippen molar-refractivity contribution < 1.29 is 27.5 Å². The molecule has 0 radical (unpaired) electrons. The Labute approximate surface area is 131 Å². The Morgan fingerprint density at radius 3 is 2.57 bits per heavy atom. The van der Waals surface area contributed by atoms with E-state index >= 15 is 0 Å². The van der Waals surface area contributed by atoms with Gasteiger partial charge in [0.1, 0.15) is 6.61 Å². The molecule has 5 nitrogen and oxygen atoms in total. The summed E-state index contributed by atoms with van der Waals surface area (Å²) >= 11 is 0. The number of nitrogens with one attached hydrogen (secondary N) is 2. The number of carbonyl (C=O) groups is 2. The number of rotatable bonds is 7. The van der Waals surface area contributed by atoms with E-state index in [0.717, 1.165) is 12.8 Å². The molecule has 2 amide bonds. The standard InChI is InChI=1S/C15H17F3N2O3/c16-15(17,18)9-23-8-7-13(21)20-12-4-2-1-3-11(12)14(22)19-10-5-6-10/h1-4,10H,5-9H2,(H,19,22)(H,20,21). The van der Waals surface area contributed by atoms with Gasteiger partial charge in [0, 0.05) is 6.04 Å². The minimum atomic E-state index is -4.41. The van der Waals surface area contributed by atoms with Gasteiger partial charge in [-0.1, -0.05) is 12.1 Å². The Bertz CT molecular complexity index is 571. The van der Waals surface area contributed by atoms with E-state index in [-0.39, 0.29) is 25.0 Å². The Morgan fingerprint density at radius 1 is 1.22 bits per heavy atom. The van der Waals surface area contributed by atoms with Crippen molar-refractivity contribution in [2.75, 3.05) is 18.5 Å². The summed E-state index contributed by atoms with van der Waals surface area (Å²) in [5, 5.41) is 5.33. The number of benzene rings is 1. The molecule has 1 aromatic rings. The van der Waals surface area contributed by atoms with Crippen LogP contribution < -0.4 is 10.6 Å². The highest BCUT2D eigenvalue weighted by atomic mass is 19.4. The zero-order valence-corrected chi connectivity index (χ0v) is 12.3. The number of halogens is 3. The van der Waals surface area contributed by atoms with Gasteiger partial charge >= 0.3 is 6.18 Å². The maximum Gasteiger partial charge on any atom is 0.411 e. The molecule has 1 saturated carbocycles. The Kier molecular flexibility index (Phi) is 5.59. The summed E-state index contributed by atoms with van der Waals surface area (Å²) in [7, 11) is 0. The molecule has 1 aliphatic rings. The van der Waals surface area contributed by atoms with Gasteiger partial charge in [0.25, 0.3) is 5.91 Å².